The number of amides is 3. The summed E-state index contributed by atoms with van der Waals surface area (Å²) in [5, 5.41) is 6.32. The molecule has 4 aromatic carbocycles. The molecule has 260 valence electrons. The number of carbonyl (C=O) groups excluding carboxylic acids is 3. The van der Waals surface area contributed by atoms with Crippen LogP contribution in [0.3, 0.4) is 0 Å². The van der Waals surface area contributed by atoms with Gasteiger partial charge < -0.3 is 31.0 Å². The van der Waals surface area contributed by atoms with Crippen molar-refractivity contribution in [3.05, 3.63) is 144 Å². The molecule has 10 nitrogen and oxygen atoms in total. The summed E-state index contributed by atoms with van der Waals surface area (Å²) in [6.07, 6.45) is 2.14. The number of aromatic amines is 1. The topological polar surface area (TPSA) is 164 Å². The minimum Gasteiger partial charge on any atom is -0.445 e. The summed E-state index contributed by atoms with van der Waals surface area (Å²) < 4.78 is 19.7. The lowest BCUT2D eigenvalue weighted by Crippen LogP contribution is -2.48. The molecule has 6 N–H and O–H groups in total. The van der Waals surface area contributed by atoms with E-state index in [1.807, 2.05) is 91.0 Å². The zero-order valence-corrected chi connectivity index (χ0v) is 28.6. The molecule has 1 aromatic heterocycles. The van der Waals surface area contributed by atoms with E-state index >= 15 is 0 Å². The molecule has 1 heterocycles. The van der Waals surface area contributed by atoms with Crippen LogP contribution in [0, 0.1) is 5.92 Å². The third kappa shape index (κ3) is 10.4. The summed E-state index contributed by atoms with van der Waals surface area (Å²) in [6.45, 7) is -0.0179. The third-order valence-corrected chi connectivity index (χ3v) is 11.0. The number of aromatic nitrogens is 1. The van der Waals surface area contributed by atoms with Crippen LogP contribution in [-0.4, -0.2) is 45.8 Å². The highest BCUT2D eigenvalue weighted by Crippen LogP contribution is 2.49. The van der Waals surface area contributed by atoms with Crippen molar-refractivity contribution in [1.82, 2.24) is 15.6 Å². The number of hydrogen-bond donors (Lipinski definition) is 5. The van der Waals surface area contributed by atoms with E-state index in [9.17, 15) is 23.8 Å². The first-order valence-electron chi connectivity index (χ1n) is 16.7. The number of fused-ring (bicyclic) bond motifs is 1. The molecular weight excluding hydrogens is 651 g/mol. The third-order valence-electron chi connectivity index (χ3n) is 8.73. The van der Waals surface area contributed by atoms with E-state index in [0.29, 0.717) is 12.8 Å². The highest BCUT2D eigenvalue weighted by molar-refractivity contribution is 7.58. The monoisotopic (exact) mass is 694 g/mol. The number of benzene rings is 4. The van der Waals surface area contributed by atoms with Gasteiger partial charge in [0.1, 0.15) is 18.4 Å². The fraction of sp³-hybridized carbons (Fsp3) is 0.256. The summed E-state index contributed by atoms with van der Waals surface area (Å²) in [5.41, 5.74) is 10.0. The van der Waals surface area contributed by atoms with E-state index in [-0.39, 0.29) is 25.9 Å². The summed E-state index contributed by atoms with van der Waals surface area (Å²) in [7, 11) is -4.29. The number of H-pyrrole nitrogens is 1. The fourth-order valence-electron chi connectivity index (χ4n) is 6.01. The Morgan fingerprint density at radius 2 is 1.38 bits per heavy atom. The van der Waals surface area contributed by atoms with Crippen LogP contribution in [0.1, 0.15) is 35.1 Å². The SMILES string of the molecule is NC(=O)[C@H](Cc1c[nH]c2ccccc12)NC(=O)[C@H](CCCc1ccccc1)CP(=O)(O)[C@@H](Cc1ccccc1)NC(=O)OCc1ccccc1. The second kappa shape index (κ2) is 17.5. The Morgan fingerprint density at radius 3 is 2.04 bits per heavy atom. The number of hydrogen-bond acceptors (Lipinski definition) is 5. The van der Waals surface area contributed by atoms with Crippen molar-refractivity contribution in [3.8, 4) is 0 Å². The van der Waals surface area contributed by atoms with Crippen molar-refractivity contribution in [2.45, 2.75) is 50.5 Å². The van der Waals surface area contributed by atoms with Crippen LogP contribution in [0.25, 0.3) is 10.9 Å². The van der Waals surface area contributed by atoms with Gasteiger partial charge in [0, 0.05) is 42.0 Å². The van der Waals surface area contributed by atoms with Gasteiger partial charge in [-0.05, 0) is 47.6 Å². The van der Waals surface area contributed by atoms with Crippen LogP contribution in [0.2, 0.25) is 0 Å². The second-order valence-electron chi connectivity index (χ2n) is 12.5. The molecule has 0 fully saturated rings. The van der Waals surface area contributed by atoms with Gasteiger partial charge in [0.05, 0.1) is 0 Å². The second-order valence-corrected chi connectivity index (χ2v) is 15.0. The van der Waals surface area contributed by atoms with Gasteiger partial charge in [0.15, 0.2) is 0 Å². The normalized spacial score (nSPS) is 14.2. The quantitative estimate of drug-likeness (QED) is 0.0741. The van der Waals surface area contributed by atoms with E-state index < -0.39 is 49.2 Å². The molecule has 1 unspecified atom stereocenters. The molecule has 0 spiro atoms. The minimum atomic E-state index is -4.29. The number of rotatable bonds is 17. The highest BCUT2D eigenvalue weighted by Gasteiger charge is 2.38. The molecule has 4 atom stereocenters. The molecule has 0 bridgehead atoms. The summed E-state index contributed by atoms with van der Waals surface area (Å²) >= 11 is 0. The molecule has 0 aliphatic rings. The van der Waals surface area contributed by atoms with Crippen molar-refractivity contribution in [3.63, 3.8) is 0 Å². The summed E-state index contributed by atoms with van der Waals surface area (Å²) in [5.74, 6) is -3.47. The van der Waals surface area contributed by atoms with Crippen molar-refractivity contribution >= 4 is 36.2 Å². The lowest BCUT2D eigenvalue weighted by Gasteiger charge is -2.28. The molecule has 0 saturated heterocycles. The molecule has 50 heavy (non-hydrogen) atoms. The lowest BCUT2D eigenvalue weighted by molar-refractivity contribution is -0.129. The van der Waals surface area contributed by atoms with Crippen LogP contribution in [0.4, 0.5) is 4.79 Å². The Balaban J connectivity index is 1.35. The maximum absolute atomic E-state index is 14.3. The molecule has 5 rings (SSSR count). The Hall–Kier alpha value is -5.18. The minimum absolute atomic E-state index is 0.0179. The average molecular weight is 695 g/mol. The van der Waals surface area contributed by atoms with E-state index in [4.69, 9.17) is 10.5 Å². The molecule has 0 radical (unpaired) electrons. The maximum Gasteiger partial charge on any atom is 0.408 e. The number of nitrogens with two attached hydrogens (primary N) is 1. The van der Waals surface area contributed by atoms with Crippen LogP contribution in [0.5, 0.6) is 0 Å². The van der Waals surface area contributed by atoms with Crippen molar-refractivity contribution < 1.29 is 28.6 Å². The number of nitrogens with one attached hydrogen (secondary N) is 3. The summed E-state index contributed by atoms with van der Waals surface area (Å²) in [4.78, 5) is 54.4. The predicted molar refractivity (Wildman–Crippen MR) is 194 cm³/mol. The van der Waals surface area contributed by atoms with E-state index in [0.717, 1.165) is 33.2 Å². The molecule has 0 aliphatic heterocycles. The van der Waals surface area contributed by atoms with E-state index in [2.05, 4.69) is 15.6 Å². The van der Waals surface area contributed by atoms with Gasteiger partial charge >= 0.3 is 6.09 Å². The number of carbonyl (C=O) groups is 3. The molecule has 5 aromatic rings. The number of primary amides is 1. The Kier molecular flexibility index (Phi) is 12.6. The van der Waals surface area contributed by atoms with Gasteiger partial charge in [-0.3, -0.25) is 14.2 Å². The Labute approximate surface area is 291 Å². The Morgan fingerprint density at radius 1 is 0.780 bits per heavy atom. The molecule has 3 amide bonds. The Bertz CT molecular complexity index is 1900. The molecule has 0 saturated carbocycles. The van der Waals surface area contributed by atoms with Crippen LogP contribution in [-0.2, 0) is 44.8 Å². The predicted octanol–water partition coefficient (Wildman–Crippen LogP) is 6.09. The molecule has 11 heteroatoms. The van der Waals surface area contributed by atoms with Crippen LogP contribution >= 0.6 is 7.37 Å². The van der Waals surface area contributed by atoms with Crippen LogP contribution in [0.15, 0.2) is 121 Å². The first-order valence-corrected chi connectivity index (χ1v) is 18.6. The van der Waals surface area contributed by atoms with Gasteiger partial charge in [0.2, 0.25) is 19.2 Å². The number of ether oxygens (including phenoxy) is 1. The first-order chi connectivity index (χ1) is 24.2. The smallest absolute Gasteiger partial charge is 0.408 e. The molecular formula is C39H43N4O6P. The zero-order chi connectivity index (χ0) is 35.3. The van der Waals surface area contributed by atoms with Gasteiger partial charge in [-0.25, -0.2) is 4.79 Å². The average Bonchev–Trinajstić information content (AvgIpc) is 3.53. The van der Waals surface area contributed by atoms with E-state index in [1.165, 1.54) is 0 Å². The van der Waals surface area contributed by atoms with Gasteiger partial charge in [-0.1, -0.05) is 109 Å². The standard InChI is InChI=1S/C39H43N4O6P/c40-37(44)35(24-32-25-41-34-22-11-10-21-33(32)34)42-38(45)31(20-12-19-28-13-4-1-5-14-28)27-50(47,48)36(23-29-15-6-2-7-16-29)43-39(46)49-26-30-17-8-3-9-18-30/h1-11,13-18,21-22,25,31,35-36,41H,12,19-20,23-24,26-27H2,(H2,40,44)(H,42,45)(H,43,46)(H,47,48)/t31-,35+,36+/m1/s1. The van der Waals surface area contributed by atoms with Crippen molar-refractivity contribution in [2.24, 2.45) is 11.7 Å². The van der Waals surface area contributed by atoms with Crippen LogP contribution < -0.4 is 16.4 Å². The lowest BCUT2D eigenvalue weighted by atomic mass is 9.98. The van der Waals surface area contributed by atoms with Crippen molar-refractivity contribution in [1.29, 1.82) is 0 Å². The highest BCUT2D eigenvalue weighted by atomic mass is 31.2. The first kappa shape index (κ1) is 36.1. The number of para-hydroxylation sites is 1. The van der Waals surface area contributed by atoms with Gasteiger partial charge in [-0.2, -0.15) is 0 Å². The van der Waals surface area contributed by atoms with E-state index in [1.54, 1.807) is 30.5 Å². The van der Waals surface area contributed by atoms with Gasteiger partial charge in [-0.15, -0.1) is 0 Å². The number of aryl methyl sites for hydroxylation is 1. The maximum atomic E-state index is 14.3. The molecule has 0 aliphatic carbocycles. The summed E-state index contributed by atoms with van der Waals surface area (Å²) in [6, 6.07) is 34.5. The van der Waals surface area contributed by atoms with Gasteiger partial charge in [0.25, 0.3) is 0 Å². The largest absolute Gasteiger partial charge is 0.445 e. The zero-order valence-electron chi connectivity index (χ0n) is 27.7. The van der Waals surface area contributed by atoms with Crippen molar-refractivity contribution in [2.75, 3.05) is 6.16 Å². The fourth-order valence-corrected chi connectivity index (χ4v) is 8.05. The number of alkyl carbamates (subject to hydrolysis) is 1.